The maximum atomic E-state index is 12.6. The van der Waals surface area contributed by atoms with Gasteiger partial charge in [-0.05, 0) is 18.2 Å². The zero-order valence-corrected chi connectivity index (χ0v) is 16.5. The fourth-order valence-corrected chi connectivity index (χ4v) is 4.27. The number of rotatable bonds is 5. The van der Waals surface area contributed by atoms with Gasteiger partial charge in [-0.15, -0.1) is 0 Å². The molecule has 1 fully saturated rings. The highest BCUT2D eigenvalue weighted by molar-refractivity contribution is 7.89. The van der Waals surface area contributed by atoms with Gasteiger partial charge < -0.3 is 9.64 Å². The first-order valence-electron chi connectivity index (χ1n) is 8.83. The van der Waals surface area contributed by atoms with Crippen molar-refractivity contribution in [3.8, 4) is 0 Å². The van der Waals surface area contributed by atoms with Crippen molar-refractivity contribution in [3.05, 3.63) is 58.5 Å². The summed E-state index contributed by atoms with van der Waals surface area (Å²) in [5.74, 6) is -1.25. The molecular weight excluding hydrogens is 400 g/mol. The number of carbonyl (C=O) groups is 2. The van der Waals surface area contributed by atoms with Crippen molar-refractivity contribution in [1.82, 2.24) is 19.0 Å². The summed E-state index contributed by atoms with van der Waals surface area (Å²) in [5, 5.41) is 3.76. The highest BCUT2D eigenvalue weighted by Crippen LogP contribution is 2.17. The van der Waals surface area contributed by atoms with Crippen molar-refractivity contribution in [2.24, 2.45) is 7.05 Å². The first-order valence-corrected chi connectivity index (χ1v) is 10.3. The molecule has 2 heterocycles. The monoisotopic (exact) mass is 420 g/mol. The molecule has 1 aromatic carbocycles. The summed E-state index contributed by atoms with van der Waals surface area (Å²) in [6.45, 7) is 0.203. The van der Waals surface area contributed by atoms with E-state index in [0.717, 1.165) is 4.68 Å². The molecule has 29 heavy (non-hydrogen) atoms. The minimum atomic E-state index is -3.61. The lowest BCUT2D eigenvalue weighted by atomic mass is 10.3. The second-order valence-electron chi connectivity index (χ2n) is 6.35. The van der Waals surface area contributed by atoms with Crippen LogP contribution in [0.15, 0.2) is 52.2 Å². The molecule has 0 radical (unpaired) electrons. The number of hydrogen-bond acceptors (Lipinski definition) is 7. The summed E-state index contributed by atoms with van der Waals surface area (Å²) in [4.78, 5) is 37.2. The molecule has 3 rings (SSSR count). The topological polar surface area (TPSA) is 119 Å². The Kier molecular flexibility index (Phi) is 6.09. The lowest BCUT2D eigenvalue weighted by Crippen LogP contribution is -2.51. The van der Waals surface area contributed by atoms with Crippen LogP contribution in [0.4, 0.5) is 0 Å². The number of hydrogen-bond donors (Lipinski definition) is 0. The van der Waals surface area contributed by atoms with Gasteiger partial charge in [-0.25, -0.2) is 17.9 Å². The van der Waals surface area contributed by atoms with E-state index in [4.69, 9.17) is 4.74 Å². The van der Waals surface area contributed by atoms with Crippen molar-refractivity contribution >= 4 is 21.9 Å². The third-order valence-electron chi connectivity index (χ3n) is 4.47. The molecule has 1 aliphatic rings. The van der Waals surface area contributed by atoms with Gasteiger partial charge in [-0.1, -0.05) is 18.2 Å². The lowest BCUT2D eigenvalue weighted by molar-refractivity contribution is -0.135. The van der Waals surface area contributed by atoms with Crippen LogP contribution in [0.2, 0.25) is 0 Å². The molecule has 0 bridgehead atoms. The maximum absolute atomic E-state index is 12.6. The van der Waals surface area contributed by atoms with Crippen LogP contribution >= 0.6 is 0 Å². The van der Waals surface area contributed by atoms with Gasteiger partial charge in [-0.3, -0.25) is 9.59 Å². The van der Waals surface area contributed by atoms with Crippen LogP contribution in [0.3, 0.4) is 0 Å². The Morgan fingerprint density at radius 1 is 1.03 bits per heavy atom. The van der Waals surface area contributed by atoms with Crippen LogP contribution in [0.1, 0.15) is 10.5 Å². The third kappa shape index (κ3) is 4.69. The highest BCUT2D eigenvalue weighted by atomic mass is 32.2. The second kappa shape index (κ2) is 8.53. The standard InChI is InChI=1S/C18H20N4O6S/c1-20-16(23)8-7-15(19-20)18(25)28-13-17(24)21-9-11-22(12-10-21)29(26,27)14-5-3-2-4-6-14/h2-8H,9-13H2,1H3. The summed E-state index contributed by atoms with van der Waals surface area (Å²) in [6, 6.07) is 10.5. The van der Waals surface area contributed by atoms with E-state index in [2.05, 4.69) is 5.10 Å². The fourth-order valence-electron chi connectivity index (χ4n) is 2.82. The molecule has 154 valence electrons. The molecule has 0 spiro atoms. The van der Waals surface area contributed by atoms with Gasteiger partial charge in [0.25, 0.3) is 11.5 Å². The highest BCUT2D eigenvalue weighted by Gasteiger charge is 2.30. The Morgan fingerprint density at radius 3 is 2.31 bits per heavy atom. The summed E-state index contributed by atoms with van der Waals surface area (Å²) < 4.78 is 32.5. The van der Waals surface area contributed by atoms with Crippen molar-refractivity contribution in [2.75, 3.05) is 32.8 Å². The Labute approximate surface area is 167 Å². The number of ether oxygens (including phenoxy) is 1. The minimum absolute atomic E-state index is 0.0846. The first-order chi connectivity index (χ1) is 13.8. The van der Waals surface area contributed by atoms with Crippen LogP contribution in [0.5, 0.6) is 0 Å². The lowest BCUT2D eigenvalue weighted by Gasteiger charge is -2.33. The number of nitrogens with zero attached hydrogens (tertiary/aromatic N) is 4. The van der Waals surface area contributed by atoms with Crippen LogP contribution in [-0.2, 0) is 26.6 Å². The van der Waals surface area contributed by atoms with Gasteiger partial charge in [0.2, 0.25) is 10.0 Å². The minimum Gasteiger partial charge on any atom is -0.451 e. The first kappa shape index (κ1) is 20.7. The largest absolute Gasteiger partial charge is 0.451 e. The smallest absolute Gasteiger partial charge is 0.359 e. The molecule has 1 aliphatic heterocycles. The molecule has 0 N–H and O–H groups in total. The van der Waals surface area contributed by atoms with Gasteiger partial charge in [0.1, 0.15) is 0 Å². The predicted molar refractivity (Wildman–Crippen MR) is 102 cm³/mol. The number of amides is 1. The summed E-state index contributed by atoms with van der Waals surface area (Å²) in [5.41, 5.74) is -0.459. The van der Waals surface area contributed by atoms with E-state index >= 15 is 0 Å². The van der Waals surface area contributed by atoms with Gasteiger partial charge >= 0.3 is 5.97 Å². The second-order valence-corrected chi connectivity index (χ2v) is 8.29. The van der Waals surface area contributed by atoms with E-state index in [-0.39, 0.29) is 42.3 Å². The summed E-state index contributed by atoms with van der Waals surface area (Å²) in [7, 11) is -2.21. The number of aryl methyl sites for hydroxylation is 1. The van der Waals surface area contributed by atoms with Crippen molar-refractivity contribution in [1.29, 1.82) is 0 Å². The van der Waals surface area contributed by atoms with E-state index in [1.54, 1.807) is 18.2 Å². The zero-order chi connectivity index (χ0) is 21.0. The molecule has 0 unspecified atom stereocenters. The molecule has 0 aliphatic carbocycles. The fraction of sp³-hybridized carbons (Fsp3) is 0.333. The van der Waals surface area contributed by atoms with Crippen LogP contribution in [-0.4, -0.2) is 72.1 Å². The number of carbonyl (C=O) groups excluding carboxylic acids is 2. The predicted octanol–water partition coefficient (Wildman–Crippen LogP) is -0.530. The van der Waals surface area contributed by atoms with E-state index in [9.17, 15) is 22.8 Å². The zero-order valence-electron chi connectivity index (χ0n) is 15.7. The van der Waals surface area contributed by atoms with Crippen molar-refractivity contribution in [2.45, 2.75) is 4.90 Å². The molecule has 1 saturated heterocycles. The Hall–Kier alpha value is -3.05. The molecule has 0 saturated carbocycles. The summed E-state index contributed by atoms with van der Waals surface area (Å²) in [6.07, 6.45) is 0. The Morgan fingerprint density at radius 2 is 1.69 bits per heavy atom. The molecule has 1 aromatic heterocycles. The average molecular weight is 420 g/mol. The number of esters is 1. The molecule has 0 atom stereocenters. The number of sulfonamides is 1. The van der Waals surface area contributed by atoms with Crippen LogP contribution in [0.25, 0.3) is 0 Å². The number of aromatic nitrogens is 2. The average Bonchev–Trinajstić information content (AvgIpc) is 2.74. The van der Waals surface area contributed by atoms with Crippen LogP contribution in [0, 0.1) is 0 Å². The molecule has 2 aromatic rings. The van der Waals surface area contributed by atoms with Gasteiger partial charge in [0.05, 0.1) is 4.90 Å². The normalized spacial score (nSPS) is 15.1. The van der Waals surface area contributed by atoms with Crippen molar-refractivity contribution < 1.29 is 22.7 Å². The molecule has 11 heteroatoms. The van der Waals surface area contributed by atoms with E-state index in [0.29, 0.717) is 0 Å². The third-order valence-corrected chi connectivity index (χ3v) is 6.38. The number of piperazine rings is 1. The molecular formula is C18H20N4O6S. The van der Waals surface area contributed by atoms with E-state index in [1.165, 1.54) is 40.5 Å². The quantitative estimate of drug-likeness (QED) is 0.597. The van der Waals surface area contributed by atoms with Gasteiger partial charge in [0.15, 0.2) is 12.3 Å². The van der Waals surface area contributed by atoms with E-state index < -0.39 is 28.5 Å². The molecule has 10 nitrogen and oxygen atoms in total. The maximum Gasteiger partial charge on any atom is 0.359 e. The molecule has 1 amide bonds. The van der Waals surface area contributed by atoms with Gasteiger partial charge in [-0.2, -0.15) is 9.40 Å². The Bertz CT molecular complexity index is 1060. The van der Waals surface area contributed by atoms with Crippen molar-refractivity contribution in [3.63, 3.8) is 0 Å². The Balaban J connectivity index is 1.53. The van der Waals surface area contributed by atoms with Crippen LogP contribution < -0.4 is 5.56 Å². The number of benzene rings is 1. The SMILES string of the molecule is Cn1nc(C(=O)OCC(=O)N2CCN(S(=O)(=O)c3ccccc3)CC2)ccc1=O. The van der Waals surface area contributed by atoms with E-state index in [1.807, 2.05) is 0 Å². The summed E-state index contributed by atoms with van der Waals surface area (Å²) >= 11 is 0. The van der Waals surface area contributed by atoms with Gasteiger partial charge in [0, 0.05) is 39.3 Å².